The number of amides is 1. The molecule has 6 heteroatoms. The van der Waals surface area contributed by atoms with E-state index in [9.17, 15) is 4.79 Å². The Hall–Kier alpha value is -2.24. The quantitative estimate of drug-likeness (QED) is 0.853. The van der Waals surface area contributed by atoms with Crippen LogP contribution in [0.2, 0.25) is 0 Å². The van der Waals surface area contributed by atoms with E-state index >= 15 is 0 Å². The van der Waals surface area contributed by atoms with Gasteiger partial charge in [-0.3, -0.25) is 9.48 Å². The van der Waals surface area contributed by atoms with Crippen molar-refractivity contribution in [1.82, 2.24) is 24.6 Å². The summed E-state index contributed by atoms with van der Waals surface area (Å²) in [6.07, 6.45) is 4.91. The summed E-state index contributed by atoms with van der Waals surface area (Å²) in [6, 6.07) is 3.99. The lowest BCUT2D eigenvalue weighted by molar-refractivity contribution is -0.132. The minimum absolute atomic E-state index is 0.0555. The van der Waals surface area contributed by atoms with Crippen LogP contribution in [0.4, 0.5) is 0 Å². The molecule has 0 saturated carbocycles. The van der Waals surface area contributed by atoms with Crippen molar-refractivity contribution in [2.24, 2.45) is 7.05 Å². The van der Waals surface area contributed by atoms with Crippen molar-refractivity contribution in [1.29, 1.82) is 0 Å². The van der Waals surface area contributed by atoms with E-state index in [4.69, 9.17) is 0 Å². The first kappa shape index (κ1) is 14.7. The van der Waals surface area contributed by atoms with Crippen molar-refractivity contribution in [3.05, 3.63) is 29.8 Å². The van der Waals surface area contributed by atoms with Gasteiger partial charge in [-0.15, -0.1) is 0 Å². The van der Waals surface area contributed by atoms with Crippen molar-refractivity contribution in [2.45, 2.75) is 39.2 Å². The summed E-state index contributed by atoms with van der Waals surface area (Å²) in [6.45, 7) is 4.34. The fraction of sp³-hybridized carbons (Fsp3) is 0.500. The fourth-order valence-electron chi connectivity index (χ4n) is 3.13. The number of rotatable bonds is 2. The highest BCUT2D eigenvalue weighted by Gasteiger charge is 2.27. The van der Waals surface area contributed by atoms with Crippen molar-refractivity contribution >= 4 is 5.91 Å². The standard InChI is InChI=1S/C16H21N5O/c1-11-18-13(15-7-8-17-20(15)3)10-14(19-11)16-6-4-5-9-21(16)12(2)22/h7-8,10,16H,4-6,9H2,1-3H3/t16-/m0/s1. The highest BCUT2D eigenvalue weighted by atomic mass is 16.2. The number of likely N-dealkylation sites (tertiary alicyclic amines) is 1. The van der Waals surface area contributed by atoms with Crippen molar-refractivity contribution in [3.8, 4) is 11.4 Å². The number of aryl methyl sites for hydroxylation is 2. The topological polar surface area (TPSA) is 63.9 Å². The predicted octanol–water partition coefficient (Wildman–Crippen LogP) is 2.26. The molecule has 0 bridgehead atoms. The first-order valence-corrected chi connectivity index (χ1v) is 7.67. The number of carbonyl (C=O) groups excluding carboxylic acids is 1. The molecule has 0 aliphatic carbocycles. The predicted molar refractivity (Wildman–Crippen MR) is 83.0 cm³/mol. The molecule has 0 radical (unpaired) electrons. The minimum Gasteiger partial charge on any atom is -0.334 e. The summed E-state index contributed by atoms with van der Waals surface area (Å²) >= 11 is 0. The molecule has 1 atom stereocenters. The maximum Gasteiger partial charge on any atom is 0.220 e. The summed E-state index contributed by atoms with van der Waals surface area (Å²) in [7, 11) is 1.90. The maximum absolute atomic E-state index is 11.9. The van der Waals surface area contributed by atoms with Crippen molar-refractivity contribution < 1.29 is 4.79 Å². The van der Waals surface area contributed by atoms with Gasteiger partial charge in [0.2, 0.25) is 5.91 Å². The van der Waals surface area contributed by atoms with E-state index in [1.54, 1.807) is 17.8 Å². The second kappa shape index (κ2) is 5.87. The molecular weight excluding hydrogens is 278 g/mol. The molecule has 1 aliphatic rings. The third-order valence-electron chi connectivity index (χ3n) is 4.19. The fourth-order valence-corrected chi connectivity index (χ4v) is 3.13. The van der Waals surface area contributed by atoms with Crippen LogP contribution in [0.5, 0.6) is 0 Å². The van der Waals surface area contributed by atoms with E-state index in [0.717, 1.165) is 48.7 Å². The molecule has 0 unspecified atom stereocenters. The molecule has 1 aliphatic heterocycles. The first-order valence-electron chi connectivity index (χ1n) is 7.67. The van der Waals surface area contributed by atoms with Gasteiger partial charge >= 0.3 is 0 Å². The molecule has 2 aromatic heterocycles. The average molecular weight is 299 g/mol. The molecule has 0 N–H and O–H groups in total. The van der Waals surface area contributed by atoms with E-state index in [2.05, 4.69) is 15.1 Å². The molecule has 1 amide bonds. The van der Waals surface area contributed by atoms with Crippen LogP contribution in [0.15, 0.2) is 18.3 Å². The second-order valence-electron chi connectivity index (χ2n) is 5.79. The molecule has 1 fully saturated rings. The Bertz CT molecular complexity index is 694. The van der Waals surface area contributed by atoms with Crippen LogP contribution in [0.3, 0.4) is 0 Å². The number of nitrogens with zero attached hydrogens (tertiary/aromatic N) is 5. The van der Waals surface area contributed by atoms with Gasteiger partial charge in [-0.2, -0.15) is 5.10 Å². The molecule has 0 aromatic carbocycles. The van der Waals surface area contributed by atoms with Gasteiger partial charge in [-0.25, -0.2) is 9.97 Å². The lowest BCUT2D eigenvalue weighted by Gasteiger charge is -2.34. The number of piperidine rings is 1. The Morgan fingerprint density at radius 2 is 2.14 bits per heavy atom. The number of aromatic nitrogens is 4. The van der Waals surface area contributed by atoms with Crippen LogP contribution in [0.25, 0.3) is 11.4 Å². The average Bonchev–Trinajstić information content (AvgIpc) is 2.92. The van der Waals surface area contributed by atoms with Crippen LogP contribution in [0, 0.1) is 6.92 Å². The lowest BCUT2D eigenvalue weighted by atomic mass is 9.98. The minimum atomic E-state index is 0.0555. The van der Waals surface area contributed by atoms with Gasteiger partial charge in [-0.1, -0.05) is 0 Å². The van der Waals surface area contributed by atoms with Crippen molar-refractivity contribution in [3.63, 3.8) is 0 Å². The zero-order valence-corrected chi connectivity index (χ0v) is 13.3. The molecule has 3 heterocycles. The van der Waals surface area contributed by atoms with Crippen molar-refractivity contribution in [2.75, 3.05) is 6.54 Å². The first-order chi connectivity index (χ1) is 10.6. The second-order valence-corrected chi connectivity index (χ2v) is 5.79. The Morgan fingerprint density at radius 3 is 2.82 bits per heavy atom. The van der Waals surface area contributed by atoms with Crippen LogP contribution < -0.4 is 0 Å². The monoisotopic (exact) mass is 299 g/mol. The van der Waals surface area contributed by atoms with Crippen LogP contribution in [-0.2, 0) is 11.8 Å². The molecule has 2 aromatic rings. The summed E-state index contributed by atoms with van der Waals surface area (Å²) in [5, 5.41) is 4.20. The van der Waals surface area contributed by atoms with Gasteiger partial charge in [0.25, 0.3) is 0 Å². The van der Waals surface area contributed by atoms with Gasteiger partial charge in [-0.05, 0) is 38.3 Å². The van der Waals surface area contributed by atoms with Gasteiger partial charge < -0.3 is 4.90 Å². The Morgan fingerprint density at radius 1 is 1.32 bits per heavy atom. The SMILES string of the molecule is CC(=O)N1CCCC[C@H]1c1cc(-c2ccnn2C)nc(C)n1. The highest BCUT2D eigenvalue weighted by molar-refractivity contribution is 5.74. The van der Waals surface area contributed by atoms with Gasteiger partial charge in [0.1, 0.15) is 5.82 Å². The third-order valence-corrected chi connectivity index (χ3v) is 4.19. The van der Waals surface area contributed by atoms with E-state index < -0.39 is 0 Å². The molecule has 6 nitrogen and oxygen atoms in total. The molecule has 0 spiro atoms. The third kappa shape index (κ3) is 2.73. The zero-order valence-electron chi connectivity index (χ0n) is 13.3. The molecular formula is C16H21N5O. The smallest absolute Gasteiger partial charge is 0.220 e. The van der Waals surface area contributed by atoms with Gasteiger partial charge in [0.05, 0.1) is 23.1 Å². The van der Waals surface area contributed by atoms with Crippen LogP contribution in [-0.4, -0.2) is 37.1 Å². The van der Waals surface area contributed by atoms with E-state index in [0.29, 0.717) is 0 Å². The molecule has 1 saturated heterocycles. The summed E-state index contributed by atoms with van der Waals surface area (Å²) in [5.41, 5.74) is 2.74. The molecule has 3 rings (SSSR count). The summed E-state index contributed by atoms with van der Waals surface area (Å²) in [5.74, 6) is 0.839. The molecule has 116 valence electrons. The van der Waals surface area contributed by atoms with E-state index in [1.165, 1.54) is 0 Å². The highest BCUT2D eigenvalue weighted by Crippen LogP contribution is 2.31. The Balaban J connectivity index is 2.02. The summed E-state index contributed by atoms with van der Waals surface area (Å²) in [4.78, 5) is 23.0. The van der Waals surface area contributed by atoms with Crippen LogP contribution in [0.1, 0.15) is 43.7 Å². The van der Waals surface area contributed by atoms with Gasteiger partial charge in [0, 0.05) is 26.7 Å². The van der Waals surface area contributed by atoms with Crippen LogP contribution >= 0.6 is 0 Å². The maximum atomic E-state index is 11.9. The zero-order chi connectivity index (χ0) is 15.7. The summed E-state index contributed by atoms with van der Waals surface area (Å²) < 4.78 is 1.80. The number of hydrogen-bond acceptors (Lipinski definition) is 4. The Labute approximate surface area is 130 Å². The Kier molecular flexibility index (Phi) is 3.92. The van der Waals surface area contributed by atoms with Gasteiger partial charge in [0.15, 0.2) is 0 Å². The molecule has 22 heavy (non-hydrogen) atoms. The normalized spacial score (nSPS) is 18.5. The largest absolute Gasteiger partial charge is 0.334 e. The van der Waals surface area contributed by atoms with E-state index in [1.807, 2.05) is 31.0 Å². The lowest BCUT2D eigenvalue weighted by Crippen LogP contribution is -2.37. The number of hydrogen-bond donors (Lipinski definition) is 0. The van der Waals surface area contributed by atoms with E-state index in [-0.39, 0.29) is 11.9 Å². The number of carbonyl (C=O) groups is 1.